The summed E-state index contributed by atoms with van der Waals surface area (Å²) in [5.41, 5.74) is 2.51. The summed E-state index contributed by atoms with van der Waals surface area (Å²) in [4.78, 5) is 19.9. The van der Waals surface area contributed by atoms with Crippen LogP contribution in [0.2, 0.25) is 0 Å². The van der Waals surface area contributed by atoms with Gasteiger partial charge in [0.05, 0.1) is 12.7 Å². The van der Waals surface area contributed by atoms with E-state index in [1.54, 1.807) is 19.2 Å². The van der Waals surface area contributed by atoms with E-state index in [0.29, 0.717) is 23.6 Å². The molecule has 1 aromatic carbocycles. The maximum absolute atomic E-state index is 12.0. The Hall–Kier alpha value is -2.12. The third kappa shape index (κ3) is 2.90. The number of rotatable bonds is 3. The van der Waals surface area contributed by atoms with Gasteiger partial charge in [0.25, 0.3) is 5.56 Å². The maximum atomic E-state index is 12.0. The smallest absolute Gasteiger partial charge is 0.256 e. The van der Waals surface area contributed by atoms with Gasteiger partial charge in [0.1, 0.15) is 11.5 Å². The van der Waals surface area contributed by atoms with Crippen molar-refractivity contribution in [1.29, 1.82) is 0 Å². The number of phenolic OH excluding ortho intramolecular Hbond substituents is 1. The fraction of sp³-hybridized carbons (Fsp3) is 0.333. The average molecular weight is 319 g/mol. The van der Waals surface area contributed by atoms with Crippen LogP contribution in [-0.4, -0.2) is 33.6 Å². The minimum Gasteiger partial charge on any atom is -0.508 e. The standard InChI is InChI=1S/C15H17N3O3S/c1-21-13-6-10(19)3-2-9(13)7-18-5-4-12-11(8-18)14(20)17-15(22)16-12/h2-3,6,19H,4-5,7-8H2,1H3,(H2,16,17,20,22). The van der Waals surface area contributed by atoms with E-state index in [4.69, 9.17) is 17.0 Å². The quantitative estimate of drug-likeness (QED) is 0.750. The van der Waals surface area contributed by atoms with Crippen molar-refractivity contribution in [3.8, 4) is 11.5 Å². The van der Waals surface area contributed by atoms with E-state index in [0.717, 1.165) is 29.8 Å². The Morgan fingerprint density at radius 1 is 1.41 bits per heavy atom. The molecule has 0 unspecified atom stereocenters. The third-order valence-electron chi connectivity index (χ3n) is 3.85. The summed E-state index contributed by atoms with van der Waals surface area (Å²) in [5.74, 6) is 0.820. The highest BCUT2D eigenvalue weighted by molar-refractivity contribution is 7.71. The summed E-state index contributed by atoms with van der Waals surface area (Å²) in [6.45, 7) is 2.03. The molecule has 116 valence electrons. The van der Waals surface area contributed by atoms with Crippen molar-refractivity contribution in [2.45, 2.75) is 19.5 Å². The highest BCUT2D eigenvalue weighted by atomic mass is 32.1. The zero-order valence-corrected chi connectivity index (χ0v) is 13.0. The molecular weight excluding hydrogens is 302 g/mol. The second-order valence-electron chi connectivity index (χ2n) is 5.32. The number of nitrogens with one attached hydrogen (secondary N) is 2. The summed E-state index contributed by atoms with van der Waals surface area (Å²) in [6.07, 6.45) is 0.753. The van der Waals surface area contributed by atoms with Crippen LogP contribution < -0.4 is 10.3 Å². The first-order valence-electron chi connectivity index (χ1n) is 6.99. The van der Waals surface area contributed by atoms with Gasteiger partial charge in [-0.2, -0.15) is 0 Å². The number of aromatic nitrogens is 2. The normalized spacial score (nSPS) is 14.6. The van der Waals surface area contributed by atoms with E-state index >= 15 is 0 Å². The lowest BCUT2D eigenvalue weighted by Crippen LogP contribution is -2.35. The van der Waals surface area contributed by atoms with E-state index in [1.165, 1.54) is 0 Å². The number of fused-ring (bicyclic) bond motifs is 1. The van der Waals surface area contributed by atoms with Crippen molar-refractivity contribution in [3.05, 3.63) is 50.1 Å². The van der Waals surface area contributed by atoms with Crippen LogP contribution in [0.25, 0.3) is 0 Å². The number of benzene rings is 1. The molecule has 0 bridgehead atoms. The molecule has 0 saturated carbocycles. The number of aromatic hydroxyl groups is 1. The topological polar surface area (TPSA) is 81.3 Å². The lowest BCUT2D eigenvalue weighted by Gasteiger charge is -2.28. The van der Waals surface area contributed by atoms with E-state index in [2.05, 4.69) is 14.9 Å². The van der Waals surface area contributed by atoms with Gasteiger partial charge in [-0.1, -0.05) is 6.07 Å². The third-order valence-corrected chi connectivity index (χ3v) is 4.06. The summed E-state index contributed by atoms with van der Waals surface area (Å²) in [5, 5.41) is 9.51. The van der Waals surface area contributed by atoms with Crippen molar-refractivity contribution in [1.82, 2.24) is 14.9 Å². The van der Waals surface area contributed by atoms with Crippen LogP contribution in [0.15, 0.2) is 23.0 Å². The van der Waals surface area contributed by atoms with Gasteiger partial charge in [0, 0.05) is 43.4 Å². The molecule has 0 aliphatic carbocycles. The minimum atomic E-state index is -0.124. The van der Waals surface area contributed by atoms with E-state index < -0.39 is 0 Å². The lowest BCUT2D eigenvalue weighted by molar-refractivity contribution is 0.238. The first kappa shape index (κ1) is 14.8. The van der Waals surface area contributed by atoms with Crippen LogP contribution in [0.1, 0.15) is 16.8 Å². The molecule has 1 aliphatic rings. The molecule has 2 heterocycles. The van der Waals surface area contributed by atoms with Gasteiger partial charge in [-0.3, -0.25) is 14.7 Å². The molecule has 3 rings (SSSR count). The van der Waals surface area contributed by atoms with Crippen molar-refractivity contribution in [2.24, 2.45) is 0 Å². The highest BCUT2D eigenvalue weighted by Crippen LogP contribution is 2.26. The minimum absolute atomic E-state index is 0.124. The average Bonchev–Trinajstić information content (AvgIpc) is 2.49. The van der Waals surface area contributed by atoms with Gasteiger partial charge >= 0.3 is 0 Å². The largest absolute Gasteiger partial charge is 0.508 e. The van der Waals surface area contributed by atoms with Gasteiger partial charge in [0.15, 0.2) is 4.77 Å². The predicted octanol–water partition coefficient (Wildman–Crippen LogP) is 1.70. The van der Waals surface area contributed by atoms with Crippen molar-refractivity contribution >= 4 is 12.2 Å². The van der Waals surface area contributed by atoms with Crippen LogP contribution in [0, 0.1) is 4.77 Å². The number of phenols is 1. The zero-order valence-electron chi connectivity index (χ0n) is 12.2. The fourth-order valence-electron chi connectivity index (χ4n) is 2.75. The van der Waals surface area contributed by atoms with Gasteiger partial charge in [-0.25, -0.2) is 0 Å². The van der Waals surface area contributed by atoms with E-state index in [9.17, 15) is 9.90 Å². The van der Waals surface area contributed by atoms with Crippen molar-refractivity contribution in [3.63, 3.8) is 0 Å². The monoisotopic (exact) mass is 319 g/mol. The Labute approximate surface area is 132 Å². The molecule has 0 spiro atoms. The molecule has 1 aromatic heterocycles. The molecule has 0 radical (unpaired) electrons. The van der Waals surface area contributed by atoms with Gasteiger partial charge in [-0.05, 0) is 18.3 Å². The van der Waals surface area contributed by atoms with E-state index in [-0.39, 0.29) is 11.3 Å². The fourth-order valence-corrected chi connectivity index (χ4v) is 2.97. The Kier molecular flexibility index (Phi) is 4.00. The second kappa shape index (κ2) is 5.94. The van der Waals surface area contributed by atoms with Crippen molar-refractivity contribution in [2.75, 3.05) is 13.7 Å². The molecule has 3 N–H and O–H groups in total. The van der Waals surface area contributed by atoms with E-state index in [1.807, 2.05) is 6.07 Å². The summed E-state index contributed by atoms with van der Waals surface area (Å²) in [7, 11) is 1.58. The predicted molar refractivity (Wildman–Crippen MR) is 84.7 cm³/mol. The Bertz CT molecular complexity index is 812. The lowest BCUT2D eigenvalue weighted by atomic mass is 10.1. The molecule has 22 heavy (non-hydrogen) atoms. The highest BCUT2D eigenvalue weighted by Gasteiger charge is 2.20. The van der Waals surface area contributed by atoms with Crippen LogP contribution >= 0.6 is 12.2 Å². The van der Waals surface area contributed by atoms with Gasteiger partial charge < -0.3 is 14.8 Å². The Balaban J connectivity index is 1.84. The number of hydrogen-bond acceptors (Lipinski definition) is 5. The van der Waals surface area contributed by atoms with Crippen LogP contribution in [0.4, 0.5) is 0 Å². The van der Waals surface area contributed by atoms with Gasteiger partial charge in [0.2, 0.25) is 0 Å². The summed E-state index contributed by atoms with van der Waals surface area (Å²) >= 11 is 5.00. The molecule has 2 aromatic rings. The number of H-pyrrole nitrogens is 2. The zero-order chi connectivity index (χ0) is 15.7. The summed E-state index contributed by atoms with van der Waals surface area (Å²) < 4.78 is 5.67. The first-order valence-corrected chi connectivity index (χ1v) is 7.40. The molecule has 0 amide bonds. The molecule has 1 aliphatic heterocycles. The molecule has 0 saturated heterocycles. The number of aromatic amines is 2. The molecule has 7 heteroatoms. The number of methoxy groups -OCH3 is 1. The maximum Gasteiger partial charge on any atom is 0.256 e. The molecule has 0 atom stereocenters. The van der Waals surface area contributed by atoms with Crippen LogP contribution in [0.5, 0.6) is 11.5 Å². The molecule has 0 fully saturated rings. The summed E-state index contributed by atoms with van der Waals surface area (Å²) in [6, 6.07) is 5.07. The second-order valence-corrected chi connectivity index (χ2v) is 5.73. The van der Waals surface area contributed by atoms with Crippen molar-refractivity contribution < 1.29 is 9.84 Å². The van der Waals surface area contributed by atoms with Gasteiger partial charge in [-0.15, -0.1) is 0 Å². The molecular formula is C15H17N3O3S. The number of nitrogens with zero attached hydrogens (tertiary/aromatic N) is 1. The number of ether oxygens (including phenoxy) is 1. The first-order chi connectivity index (χ1) is 10.6. The van der Waals surface area contributed by atoms with Crippen LogP contribution in [0.3, 0.4) is 0 Å². The molecule has 6 nitrogen and oxygen atoms in total. The Morgan fingerprint density at radius 2 is 2.23 bits per heavy atom. The number of hydrogen-bond donors (Lipinski definition) is 3. The van der Waals surface area contributed by atoms with Crippen LogP contribution in [-0.2, 0) is 19.5 Å². The Morgan fingerprint density at radius 3 is 3.00 bits per heavy atom. The SMILES string of the molecule is COc1cc(O)ccc1CN1CCc2[nH]c(=S)[nH]c(=O)c2C1.